The Morgan fingerprint density at radius 3 is 2.65 bits per heavy atom. The third kappa shape index (κ3) is 2.76. The van der Waals surface area contributed by atoms with Crippen molar-refractivity contribution in [3.8, 4) is 6.07 Å². The molecule has 0 saturated heterocycles. The van der Waals surface area contributed by atoms with Gasteiger partial charge in [-0.1, -0.05) is 19.3 Å². The number of nitrogens with zero attached hydrogens (tertiary/aromatic N) is 1. The van der Waals surface area contributed by atoms with Gasteiger partial charge in [-0.05, 0) is 38.0 Å². The molecule has 0 amide bonds. The van der Waals surface area contributed by atoms with Gasteiger partial charge >= 0.3 is 0 Å². The smallest absolute Gasteiger partial charge is 0.124 e. The first kappa shape index (κ1) is 11.9. The summed E-state index contributed by atoms with van der Waals surface area (Å²) < 4.78 is 13.0. The summed E-state index contributed by atoms with van der Waals surface area (Å²) in [5.41, 5.74) is 1.18. The van der Waals surface area contributed by atoms with Crippen molar-refractivity contribution in [1.29, 1.82) is 5.26 Å². The molecule has 0 bridgehead atoms. The minimum Gasteiger partial charge on any atom is -0.379 e. The van der Waals surface area contributed by atoms with Crippen LogP contribution >= 0.6 is 0 Å². The number of anilines is 1. The molecular formula is C14H17FN2. The van der Waals surface area contributed by atoms with Crippen molar-refractivity contribution >= 4 is 5.69 Å². The lowest BCUT2D eigenvalue weighted by Crippen LogP contribution is -2.37. The van der Waals surface area contributed by atoms with Crippen molar-refractivity contribution in [2.45, 2.75) is 44.6 Å². The number of rotatable bonds is 2. The zero-order valence-corrected chi connectivity index (χ0v) is 10.1. The Labute approximate surface area is 101 Å². The maximum atomic E-state index is 13.0. The van der Waals surface area contributed by atoms with E-state index >= 15 is 0 Å². The maximum Gasteiger partial charge on any atom is 0.124 e. The zero-order chi connectivity index (χ0) is 12.3. The fourth-order valence-corrected chi connectivity index (χ4v) is 2.50. The summed E-state index contributed by atoms with van der Waals surface area (Å²) in [7, 11) is 0. The lowest BCUT2D eigenvalue weighted by atomic mass is 9.83. The number of hydrogen-bond donors (Lipinski definition) is 1. The molecule has 1 aliphatic carbocycles. The van der Waals surface area contributed by atoms with E-state index in [1.165, 1.54) is 31.4 Å². The molecule has 1 aromatic carbocycles. The van der Waals surface area contributed by atoms with Gasteiger partial charge < -0.3 is 5.32 Å². The first-order valence-electron chi connectivity index (χ1n) is 6.11. The topological polar surface area (TPSA) is 35.8 Å². The van der Waals surface area contributed by atoms with E-state index in [4.69, 9.17) is 5.26 Å². The fourth-order valence-electron chi connectivity index (χ4n) is 2.50. The largest absolute Gasteiger partial charge is 0.379 e. The van der Waals surface area contributed by atoms with E-state index in [-0.39, 0.29) is 11.4 Å². The van der Waals surface area contributed by atoms with Gasteiger partial charge in [0.25, 0.3) is 0 Å². The maximum absolute atomic E-state index is 13.0. The van der Waals surface area contributed by atoms with Gasteiger partial charge in [0.1, 0.15) is 11.9 Å². The van der Waals surface area contributed by atoms with Gasteiger partial charge in [-0.15, -0.1) is 0 Å². The normalized spacial score (nSPS) is 18.4. The summed E-state index contributed by atoms with van der Waals surface area (Å²) in [4.78, 5) is 0. The molecule has 90 valence electrons. The Hall–Kier alpha value is -1.56. The minimum absolute atomic E-state index is 0.0433. The quantitative estimate of drug-likeness (QED) is 0.841. The predicted molar refractivity (Wildman–Crippen MR) is 66.2 cm³/mol. The molecule has 1 aliphatic rings. The summed E-state index contributed by atoms with van der Waals surface area (Å²) in [6, 6.07) is 6.39. The van der Waals surface area contributed by atoms with E-state index in [1.807, 2.05) is 6.07 Å². The highest BCUT2D eigenvalue weighted by Crippen LogP contribution is 2.32. The van der Waals surface area contributed by atoms with Gasteiger partial charge in [-0.2, -0.15) is 5.26 Å². The van der Waals surface area contributed by atoms with Crippen LogP contribution in [0.15, 0.2) is 18.2 Å². The molecule has 0 atom stereocenters. The molecule has 17 heavy (non-hydrogen) atoms. The van der Waals surface area contributed by atoms with Gasteiger partial charge in [0.2, 0.25) is 0 Å². The summed E-state index contributed by atoms with van der Waals surface area (Å²) >= 11 is 0. The molecule has 3 heteroatoms. The van der Waals surface area contributed by atoms with Crippen molar-refractivity contribution in [3.05, 3.63) is 29.6 Å². The van der Waals surface area contributed by atoms with Crippen molar-refractivity contribution in [1.82, 2.24) is 0 Å². The Bertz CT molecular complexity index is 442. The molecule has 0 aliphatic heterocycles. The zero-order valence-electron chi connectivity index (χ0n) is 10.1. The van der Waals surface area contributed by atoms with Crippen molar-refractivity contribution in [2.75, 3.05) is 5.32 Å². The van der Waals surface area contributed by atoms with Crippen LogP contribution in [0.2, 0.25) is 0 Å². The van der Waals surface area contributed by atoms with E-state index in [0.717, 1.165) is 18.5 Å². The van der Waals surface area contributed by atoms with E-state index in [9.17, 15) is 4.39 Å². The highest BCUT2D eigenvalue weighted by molar-refractivity contribution is 5.58. The van der Waals surface area contributed by atoms with Crippen molar-refractivity contribution < 1.29 is 4.39 Å². The van der Waals surface area contributed by atoms with Crippen LogP contribution in [-0.2, 0) is 0 Å². The third-order valence-electron chi connectivity index (χ3n) is 3.50. The second kappa shape index (κ2) is 4.75. The second-order valence-corrected chi connectivity index (χ2v) is 5.05. The number of hydrogen-bond acceptors (Lipinski definition) is 2. The lowest BCUT2D eigenvalue weighted by molar-refractivity contribution is 0.349. The lowest BCUT2D eigenvalue weighted by Gasteiger charge is -2.35. The summed E-state index contributed by atoms with van der Waals surface area (Å²) in [6.07, 6.45) is 5.93. The molecule has 1 aromatic rings. The molecule has 0 radical (unpaired) electrons. The van der Waals surface area contributed by atoms with E-state index in [2.05, 4.69) is 12.2 Å². The van der Waals surface area contributed by atoms with Crippen LogP contribution in [0.3, 0.4) is 0 Å². The summed E-state index contributed by atoms with van der Waals surface area (Å²) in [5, 5.41) is 12.4. The van der Waals surface area contributed by atoms with Crippen LogP contribution < -0.4 is 5.32 Å². The average Bonchev–Trinajstić information content (AvgIpc) is 2.32. The van der Waals surface area contributed by atoms with Crippen molar-refractivity contribution in [3.63, 3.8) is 0 Å². The number of nitriles is 1. The first-order valence-corrected chi connectivity index (χ1v) is 6.11. The van der Waals surface area contributed by atoms with Gasteiger partial charge in [0, 0.05) is 5.54 Å². The number of nitrogens with one attached hydrogen (secondary N) is 1. The number of halogens is 1. The molecule has 0 spiro atoms. The highest BCUT2D eigenvalue weighted by Gasteiger charge is 2.27. The van der Waals surface area contributed by atoms with Gasteiger partial charge in [0.05, 0.1) is 11.3 Å². The Balaban J connectivity index is 2.20. The Kier molecular flexibility index (Phi) is 3.33. The van der Waals surface area contributed by atoms with Crippen LogP contribution in [0, 0.1) is 17.1 Å². The molecule has 0 aromatic heterocycles. The average molecular weight is 232 g/mol. The van der Waals surface area contributed by atoms with Crippen LogP contribution in [0.4, 0.5) is 10.1 Å². The molecule has 1 N–H and O–H groups in total. The summed E-state index contributed by atoms with van der Waals surface area (Å²) in [6.45, 7) is 2.18. The van der Waals surface area contributed by atoms with Crippen LogP contribution in [0.1, 0.15) is 44.6 Å². The molecule has 1 fully saturated rings. The first-order chi connectivity index (χ1) is 8.13. The molecular weight excluding hydrogens is 215 g/mol. The highest BCUT2D eigenvalue weighted by atomic mass is 19.1. The van der Waals surface area contributed by atoms with Crippen LogP contribution in [0.25, 0.3) is 0 Å². The van der Waals surface area contributed by atoms with E-state index in [0.29, 0.717) is 5.56 Å². The molecule has 0 heterocycles. The number of benzene rings is 1. The molecule has 1 saturated carbocycles. The molecule has 2 rings (SSSR count). The standard InChI is InChI=1S/C14H17FN2/c1-14(7-3-2-4-8-14)17-13-6-5-12(15)9-11(13)10-16/h5-6,9,17H,2-4,7-8H2,1H3. The second-order valence-electron chi connectivity index (χ2n) is 5.05. The molecule has 0 unspecified atom stereocenters. The predicted octanol–water partition coefficient (Wildman–Crippen LogP) is 3.83. The Morgan fingerprint density at radius 2 is 2.00 bits per heavy atom. The van der Waals surface area contributed by atoms with Crippen molar-refractivity contribution in [2.24, 2.45) is 0 Å². The molecule has 2 nitrogen and oxygen atoms in total. The van der Waals surface area contributed by atoms with Crippen LogP contribution in [-0.4, -0.2) is 5.54 Å². The fraction of sp³-hybridized carbons (Fsp3) is 0.500. The minimum atomic E-state index is -0.360. The third-order valence-corrected chi connectivity index (χ3v) is 3.50. The van der Waals surface area contributed by atoms with Gasteiger partial charge in [0.15, 0.2) is 0 Å². The SMILES string of the molecule is CC1(Nc2ccc(F)cc2C#N)CCCCC1. The van der Waals surface area contributed by atoms with Gasteiger partial charge in [-0.3, -0.25) is 0 Å². The monoisotopic (exact) mass is 232 g/mol. The van der Waals surface area contributed by atoms with E-state index in [1.54, 1.807) is 6.07 Å². The van der Waals surface area contributed by atoms with E-state index < -0.39 is 0 Å². The Morgan fingerprint density at radius 1 is 1.29 bits per heavy atom. The van der Waals surface area contributed by atoms with Gasteiger partial charge in [-0.25, -0.2) is 4.39 Å². The summed E-state index contributed by atoms with van der Waals surface area (Å²) in [5.74, 6) is -0.360. The van der Waals surface area contributed by atoms with Crippen LogP contribution in [0.5, 0.6) is 0 Å².